The lowest BCUT2D eigenvalue weighted by atomic mass is 10.3. The van der Waals surface area contributed by atoms with Gasteiger partial charge in [-0.05, 0) is 35.0 Å². The smallest absolute Gasteiger partial charge is 0.0762 e. The fourth-order valence-corrected chi connectivity index (χ4v) is 2.05. The van der Waals surface area contributed by atoms with Gasteiger partial charge < -0.3 is 0 Å². The second-order valence-corrected chi connectivity index (χ2v) is 4.67. The van der Waals surface area contributed by atoms with Gasteiger partial charge in [0, 0.05) is 10.6 Å². The Hall–Kier alpha value is -1.03. The lowest BCUT2D eigenvalue weighted by molar-refractivity contribution is 1.35. The van der Waals surface area contributed by atoms with Crippen LogP contribution in [0.5, 0.6) is 0 Å². The van der Waals surface area contributed by atoms with Gasteiger partial charge in [0.15, 0.2) is 0 Å². The highest BCUT2D eigenvalue weighted by atomic mass is 35.5. The van der Waals surface area contributed by atoms with E-state index in [9.17, 15) is 0 Å². The normalized spacial score (nSPS) is 10.9. The molecule has 2 nitrogen and oxygen atoms in total. The minimum Gasteiger partial charge on any atom is -0.277 e. The molecule has 0 atom stereocenters. The van der Waals surface area contributed by atoms with Gasteiger partial charge in [0.1, 0.15) is 0 Å². The molecular formula is C11H8Cl2N2S. The molecule has 0 aliphatic rings. The first-order valence-electron chi connectivity index (χ1n) is 4.52. The molecule has 0 unspecified atom stereocenters. The van der Waals surface area contributed by atoms with E-state index in [0.29, 0.717) is 15.7 Å². The number of rotatable bonds is 3. The van der Waals surface area contributed by atoms with Gasteiger partial charge in [-0.1, -0.05) is 23.2 Å². The van der Waals surface area contributed by atoms with Crippen LogP contribution in [0, 0.1) is 0 Å². The minimum absolute atomic E-state index is 0.590. The van der Waals surface area contributed by atoms with Crippen molar-refractivity contribution in [2.45, 2.75) is 0 Å². The van der Waals surface area contributed by atoms with Crippen molar-refractivity contribution in [2.75, 3.05) is 5.43 Å². The maximum atomic E-state index is 5.96. The number of halogens is 2. The van der Waals surface area contributed by atoms with Crippen molar-refractivity contribution in [3.05, 3.63) is 50.6 Å². The van der Waals surface area contributed by atoms with Crippen LogP contribution in [0.25, 0.3) is 0 Å². The predicted molar refractivity (Wildman–Crippen MR) is 72.0 cm³/mol. The summed E-state index contributed by atoms with van der Waals surface area (Å²) in [4.78, 5) is 0. The van der Waals surface area contributed by atoms with Crippen molar-refractivity contribution in [1.82, 2.24) is 0 Å². The quantitative estimate of drug-likeness (QED) is 0.645. The number of anilines is 1. The zero-order chi connectivity index (χ0) is 11.4. The third kappa shape index (κ3) is 2.98. The monoisotopic (exact) mass is 270 g/mol. The first kappa shape index (κ1) is 11.5. The Morgan fingerprint density at radius 1 is 1.25 bits per heavy atom. The van der Waals surface area contributed by atoms with E-state index in [-0.39, 0.29) is 0 Å². The van der Waals surface area contributed by atoms with Crippen LogP contribution < -0.4 is 5.43 Å². The number of nitrogens with zero attached hydrogens (tertiary/aromatic N) is 1. The van der Waals surface area contributed by atoms with Gasteiger partial charge in [-0.25, -0.2) is 0 Å². The van der Waals surface area contributed by atoms with Crippen LogP contribution in [0.2, 0.25) is 10.0 Å². The molecule has 0 amide bonds. The van der Waals surface area contributed by atoms with E-state index in [0.717, 1.165) is 5.56 Å². The summed E-state index contributed by atoms with van der Waals surface area (Å²) in [5.41, 5.74) is 4.60. The predicted octanol–water partition coefficient (Wildman–Crippen LogP) is 4.50. The van der Waals surface area contributed by atoms with Gasteiger partial charge in [0.05, 0.1) is 16.9 Å². The van der Waals surface area contributed by atoms with Crippen molar-refractivity contribution in [3.63, 3.8) is 0 Å². The van der Waals surface area contributed by atoms with Gasteiger partial charge in [-0.2, -0.15) is 16.4 Å². The second kappa shape index (κ2) is 5.34. The molecule has 0 saturated heterocycles. The Morgan fingerprint density at radius 2 is 2.12 bits per heavy atom. The Labute approximate surface area is 108 Å². The zero-order valence-corrected chi connectivity index (χ0v) is 10.5. The molecule has 1 aromatic heterocycles. The van der Waals surface area contributed by atoms with Gasteiger partial charge in [0.2, 0.25) is 0 Å². The summed E-state index contributed by atoms with van der Waals surface area (Å²) in [6, 6.07) is 7.17. The lowest BCUT2D eigenvalue weighted by Crippen LogP contribution is -1.90. The second-order valence-electron chi connectivity index (χ2n) is 3.05. The highest BCUT2D eigenvalue weighted by molar-refractivity contribution is 7.08. The molecule has 0 saturated carbocycles. The minimum atomic E-state index is 0.590. The average Bonchev–Trinajstić information content (AvgIpc) is 2.76. The van der Waals surface area contributed by atoms with Crippen LogP contribution in [-0.4, -0.2) is 6.21 Å². The lowest BCUT2D eigenvalue weighted by Gasteiger charge is -2.02. The number of hydrogen-bond donors (Lipinski definition) is 1. The number of nitrogens with one attached hydrogen (secondary N) is 1. The van der Waals surface area contributed by atoms with Gasteiger partial charge in [0.25, 0.3) is 0 Å². The molecule has 82 valence electrons. The summed E-state index contributed by atoms with van der Waals surface area (Å²) in [7, 11) is 0. The Bertz CT molecular complexity index is 495. The van der Waals surface area contributed by atoms with Crippen molar-refractivity contribution in [1.29, 1.82) is 0 Å². The summed E-state index contributed by atoms with van der Waals surface area (Å²) in [5.74, 6) is 0. The Morgan fingerprint density at radius 3 is 2.88 bits per heavy atom. The summed E-state index contributed by atoms with van der Waals surface area (Å²) in [6.45, 7) is 0. The van der Waals surface area contributed by atoms with Crippen LogP contribution in [0.3, 0.4) is 0 Å². The molecule has 1 N–H and O–H groups in total. The molecule has 0 aliphatic heterocycles. The van der Waals surface area contributed by atoms with E-state index in [1.807, 2.05) is 16.8 Å². The van der Waals surface area contributed by atoms with E-state index >= 15 is 0 Å². The van der Waals surface area contributed by atoms with E-state index in [4.69, 9.17) is 23.2 Å². The van der Waals surface area contributed by atoms with Crippen molar-refractivity contribution in [2.24, 2.45) is 5.10 Å². The fourth-order valence-electron chi connectivity index (χ4n) is 1.11. The van der Waals surface area contributed by atoms with Crippen LogP contribution >= 0.6 is 34.5 Å². The van der Waals surface area contributed by atoms with Crippen LogP contribution in [0.4, 0.5) is 5.69 Å². The third-order valence-corrected chi connectivity index (χ3v) is 3.14. The molecule has 2 rings (SSSR count). The summed E-state index contributed by atoms with van der Waals surface area (Å²) in [5, 5.41) is 9.29. The maximum Gasteiger partial charge on any atom is 0.0762 e. The average molecular weight is 271 g/mol. The van der Waals surface area contributed by atoms with E-state index in [1.54, 1.807) is 35.8 Å². The molecule has 0 bridgehead atoms. The highest BCUT2D eigenvalue weighted by Crippen LogP contribution is 2.25. The van der Waals surface area contributed by atoms with E-state index in [1.165, 1.54) is 0 Å². The molecule has 0 fully saturated rings. The number of benzene rings is 1. The van der Waals surface area contributed by atoms with Gasteiger partial charge in [-0.15, -0.1) is 0 Å². The molecule has 0 radical (unpaired) electrons. The van der Waals surface area contributed by atoms with Gasteiger partial charge >= 0.3 is 0 Å². The van der Waals surface area contributed by atoms with Crippen molar-refractivity contribution < 1.29 is 0 Å². The summed E-state index contributed by atoms with van der Waals surface area (Å²) < 4.78 is 0. The third-order valence-electron chi connectivity index (χ3n) is 1.87. The van der Waals surface area contributed by atoms with Crippen molar-refractivity contribution >= 4 is 46.4 Å². The summed E-state index contributed by atoms with van der Waals surface area (Å²) >= 11 is 13.4. The fraction of sp³-hybridized carbons (Fsp3) is 0. The van der Waals surface area contributed by atoms with Crippen LogP contribution in [0.1, 0.15) is 5.56 Å². The SMILES string of the molecule is Clc1ccc(Cl)c(N/N=C/c2ccsc2)c1. The number of hydrazone groups is 1. The highest BCUT2D eigenvalue weighted by Gasteiger charge is 1.98. The zero-order valence-electron chi connectivity index (χ0n) is 8.15. The molecule has 1 heterocycles. The molecular weight excluding hydrogens is 263 g/mol. The van der Waals surface area contributed by atoms with Crippen molar-refractivity contribution in [3.8, 4) is 0 Å². The van der Waals surface area contributed by atoms with Crippen LogP contribution in [0.15, 0.2) is 40.1 Å². The largest absolute Gasteiger partial charge is 0.277 e. The Balaban J connectivity index is 2.07. The standard InChI is InChI=1S/C11H8Cl2N2S/c12-9-1-2-10(13)11(5-9)15-14-6-8-3-4-16-7-8/h1-7,15H/b14-6+. The molecule has 5 heteroatoms. The van der Waals surface area contributed by atoms with E-state index < -0.39 is 0 Å². The number of thiophene rings is 1. The Kier molecular flexibility index (Phi) is 3.83. The van der Waals surface area contributed by atoms with Gasteiger partial charge in [-0.3, -0.25) is 5.43 Å². The molecule has 2 aromatic rings. The molecule has 16 heavy (non-hydrogen) atoms. The number of hydrogen-bond acceptors (Lipinski definition) is 3. The summed E-state index contributed by atoms with van der Waals surface area (Å²) in [6.07, 6.45) is 1.73. The van der Waals surface area contributed by atoms with Crippen LogP contribution in [-0.2, 0) is 0 Å². The molecule has 0 aliphatic carbocycles. The van der Waals surface area contributed by atoms with E-state index in [2.05, 4.69) is 10.5 Å². The first-order valence-corrected chi connectivity index (χ1v) is 6.22. The first-order chi connectivity index (χ1) is 7.75. The molecule has 0 spiro atoms. The topological polar surface area (TPSA) is 24.4 Å². The molecule has 1 aromatic carbocycles. The maximum absolute atomic E-state index is 5.96.